The third kappa shape index (κ3) is 2.58. The molecule has 0 aliphatic carbocycles. The number of carbonyl (C=O) groups is 1. The average molecular weight is 234 g/mol. The number of benzene rings is 1. The lowest BCUT2D eigenvalue weighted by molar-refractivity contribution is 0.0944. The summed E-state index contributed by atoms with van der Waals surface area (Å²) in [5.74, 6) is -0.116. The molecule has 1 aromatic rings. The Morgan fingerprint density at radius 1 is 1.53 bits per heavy atom. The van der Waals surface area contributed by atoms with Gasteiger partial charge in [-0.25, -0.2) is 0 Å². The molecule has 2 N–H and O–H groups in total. The fourth-order valence-corrected chi connectivity index (χ4v) is 2.20. The predicted molar refractivity (Wildman–Crippen MR) is 67.5 cm³/mol. The number of aryl methyl sites for hydroxylation is 1. The molecule has 0 spiro atoms. The van der Waals surface area contributed by atoms with E-state index in [9.17, 15) is 4.79 Å². The van der Waals surface area contributed by atoms with Gasteiger partial charge in [-0.05, 0) is 36.6 Å². The van der Waals surface area contributed by atoms with Crippen LogP contribution < -0.4 is 10.2 Å². The van der Waals surface area contributed by atoms with Crippen molar-refractivity contribution in [1.29, 1.82) is 0 Å². The zero-order valence-electron chi connectivity index (χ0n) is 10.1. The van der Waals surface area contributed by atoms with Gasteiger partial charge in [-0.3, -0.25) is 4.79 Å². The summed E-state index contributed by atoms with van der Waals surface area (Å²) in [6, 6.07) is 5.80. The minimum Gasteiger partial charge on any atom is -0.395 e. The van der Waals surface area contributed by atoms with Crippen LogP contribution in [0.25, 0.3) is 0 Å². The van der Waals surface area contributed by atoms with Gasteiger partial charge in [-0.2, -0.15) is 0 Å². The van der Waals surface area contributed by atoms with Gasteiger partial charge in [0, 0.05) is 31.4 Å². The van der Waals surface area contributed by atoms with Gasteiger partial charge in [-0.1, -0.05) is 0 Å². The van der Waals surface area contributed by atoms with Crippen molar-refractivity contribution >= 4 is 11.6 Å². The molecule has 1 amide bonds. The monoisotopic (exact) mass is 234 g/mol. The van der Waals surface area contributed by atoms with Crippen molar-refractivity contribution in [3.05, 3.63) is 29.3 Å². The third-order valence-corrected chi connectivity index (χ3v) is 3.09. The minimum atomic E-state index is -0.116. The van der Waals surface area contributed by atoms with Gasteiger partial charge in [0.15, 0.2) is 0 Å². The maximum atomic E-state index is 11.7. The second kappa shape index (κ2) is 5.19. The van der Waals surface area contributed by atoms with E-state index in [0.717, 1.165) is 19.4 Å². The molecular weight excluding hydrogens is 216 g/mol. The Morgan fingerprint density at radius 3 is 3.12 bits per heavy atom. The highest BCUT2D eigenvalue weighted by atomic mass is 16.3. The van der Waals surface area contributed by atoms with E-state index in [1.165, 1.54) is 11.3 Å². The first-order valence-electron chi connectivity index (χ1n) is 5.95. The number of nitrogens with one attached hydrogen (secondary N) is 1. The Balaban J connectivity index is 2.18. The van der Waals surface area contributed by atoms with Crippen LogP contribution in [-0.4, -0.2) is 37.8 Å². The normalized spacial score (nSPS) is 14.4. The van der Waals surface area contributed by atoms with Crippen LogP contribution in [0.2, 0.25) is 0 Å². The first-order chi connectivity index (χ1) is 8.22. The molecule has 0 radical (unpaired) electrons. The summed E-state index contributed by atoms with van der Waals surface area (Å²) in [7, 11) is 2.07. The summed E-state index contributed by atoms with van der Waals surface area (Å²) in [4.78, 5) is 14.0. The lowest BCUT2D eigenvalue weighted by Gasteiger charge is -2.27. The number of anilines is 1. The molecule has 0 fully saturated rings. The Morgan fingerprint density at radius 2 is 2.35 bits per heavy atom. The van der Waals surface area contributed by atoms with E-state index >= 15 is 0 Å². The maximum Gasteiger partial charge on any atom is 0.251 e. The predicted octanol–water partition coefficient (Wildman–Crippen LogP) is 0.791. The van der Waals surface area contributed by atoms with Crippen molar-refractivity contribution < 1.29 is 9.90 Å². The van der Waals surface area contributed by atoms with E-state index in [-0.39, 0.29) is 12.5 Å². The van der Waals surface area contributed by atoms with Gasteiger partial charge in [0.1, 0.15) is 0 Å². The number of aliphatic hydroxyl groups excluding tert-OH is 1. The Labute approximate surface area is 101 Å². The maximum absolute atomic E-state index is 11.7. The van der Waals surface area contributed by atoms with Gasteiger partial charge in [-0.15, -0.1) is 0 Å². The molecule has 1 aliphatic heterocycles. The number of nitrogens with zero attached hydrogens (tertiary/aromatic N) is 1. The highest BCUT2D eigenvalue weighted by Crippen LogP contribution is 2.26. The number of hydrogen-bond acceptors (Lipinski definition) is 3. The molecule has 4 nitrogen and oxygen atoms in total. The molecule has 0 unspecified atom stereocenters. The molecule has 1 aromatic carbocycles. The van der Waals surface area contributed by atoms with Gasteiger partial charge in [0.25, 0.3) is 5.91 Å². The summed E-state index contributed by atoms with van der Waals surface area (Å²) in [6.07, 6.45) is 2.16. The zero-order valence-corrected chi connectivity index (χ0v) is 10.1. The summed E-state index contributed by atoms with van der Waals surface area (Å²) in [5, 5.41) is 11.3. The first kappa shape index (κ1) is 11.9. The van der Waals surface area contributed by atoms with Crippen LogP contribution in [0, 0.1) is 0 Å². The van der Waals surface area contributed by atoms with Gasteiger partial charge in [0.05, 0.1) is 6.61 Å². The third-order valence-electron chi connectivity index (χ3n) is 3.09. The summed E-state index contributed by atoms with van der Waals surface area (Å²) < 4.78 is 0. The fraction of sp³-hybridized carbons (Fsp3) is 0.462. The molecule has 0 atom stereocenters. The number of rotatable bonds is 3. The molecule has 0 saturated heterocycles. The molecule has 2 rings (SSSR count). The van der Waals surface area contributed by atoms with Gasteiger partial charge in [0.2, 0.25) is 0 Å². The first-order valence-corrected chi connectivity index (χ1v) is 5.95. The van der Waals surface area contributed by atoms with Crippen LogP contribution >= 0.6 is 0 Å². The lowest BCUT2D eigenvalue weighted by Crippen LogP contribution is -2.28. The Hall–Kier alpha value is -1.55. The number of fused-ring (bicyclic) bond motifs is 1. The lowest BCUT2D eigenvalue weighted by atomic mass is 9.99. The average Bonchev–Trinajstić information content (AvgIpc) is 2.36. The SMILES string of the molecule is CN1CCCc2cc(C(=O)NCCO)ccc21. The van der Waals surface area contributed by atoms with Crippen molar-refractivity contribution in [2.24, 2.45) is 0 Å². The van der Waals surface area contributed by atoms with Crippen molar-refractivity contribution in [2.45, 2.75) is 12.8 Å². The summed E-state index contributed by atoms with van der Waals surface area (Å²) >= 11 is 0. The quantitative estimate of drug-likeness (QED) is 0.813. The number of hydrogen-bond donors (Lipinski definition) is 2. The van der Waals surface area contributed by atoms with E-state index in [2.05, 4.69) is 17.3 Å². The van der Waals surface area contributed by atoms with Crippen LogP contribution in [0.1, 0.15) is 22.3 Å². The van der Waals surface area contributed by atoms with Crippen molar-refractivity contribution in [3.63, 3.8) is 0 Å². The van der Waals surface area contributed by atoms with Gasteiger partial charge < -0.3 is 15.3 Å². The van der Waals surface area contributed by atoms with Gasteiger partial charge >= 0.3 is 0 Å². The van der Waals surface area contributed by atoms with E-state index in [1.54, 1.807) is 0 Å². The minimum absolute atomic E-state index is 0.0284. The highest BCUT2D eigenvalue weighted by Gasteiger charge is 2.15. The molecule has 0 aromatic heterocycles. The largest absolute Gasteiger partial charge is 0.395 e. The van der Waals surface area contributed by atoms with E-state index in [4.69, 9.17) is 5.11 Å². The summed E-state index contributed by atoms with van der Waals surface area (Å²) in [5.41, 5.74) is 3.12. The topological polar surface area (TPSA) is 52.6 Å². The number of carbonyl (C=O) groups excluding carboxylic acids is 1. The molecule has 0 bridgehead atoms. The molecule has 0 saturated carbocycles. The summed E-state index contributed by atoms with van der Waals surface area (Å²) in [6.45, 7) is 1.35. The van der Waals surface area contributed by atoms with Crippen molar-refractivity contribution in [3.8, 4) is 0 Å². The Kier molecular flexibility index (Phi) is 3.64. The number of amides is 1. The van der Waals surface area contributed by atoms with Crippen LogP contribution in [0.4, 0.5) is 5.69 Å². The second-order valence-corrected chi connectivity index (χ2v) is 4.35. The molecule has 17 heavy (non-hydrogen) atoms. The van der Waals surface area contributed by atoms with Crippen molar-refractivity contribution in [1.82, 2.24) is 5.32 Å². The van der Waals surface area contributed by atoms with Crippen LogP contribution in [-0.2, 0) is 6.42 Å². The zero-order chi connectivity index (χ0) is 12.3. The second-order valence-electron chi connectivity index (χ2n) is 4.35. The van der Waals surface area contributed by atoms with Crippen LogP contribution in [0.3, 0.4) is 0 Å². The molecular formula is C13H18N2O2. The van der Waals surface area contributed by atoms with E-state index < -0.39 is 0 Å². The molecule has 4 heteroatoms. The van der Waals surface area contributed by atoms with Crippen LogP contribution in [0.5, 0.6) is 0 Å². The van der Waals surface area contributed by atoms with E-state index in [1.807, 2.05) is 18.2 Å². The van der Waals surface area contributed by atoms with Crippen LogP contribution in [0.15, 0.2) is 18.2 Å². The van der Waals surface area contributed by atoms with Crippen molar-refractivity contribution in [2.75, 3.05) is 31.6 Å². The Bertz CT molecular complexity index is 418. The molecule has 1 heterocycles. The smallest absolute Gasteiger partial charge is 0.251 e. The standard InChI is InChI=1S/C13H18N2O2/c1-15-7-2-3-10-9-11(4-5-12(10)15)13(17)14-6-8-16/h4-5,9,16H,2-3,6-8H2,1H3,(H,14,17). The number of aliphatic hydroxyl groups is 1. The molecule has 1 aliphatic rings. The van der Waals surface area contributed by atoms with E-state index in [0.29, 0.717) is 12.1 Å². The molecule has 92 valence electrons. The highest BCUT2D eigenvalue weighted by molar-refractivity contribution is 5.95. The fourth-order valence-electron chi connectivity index (χ4n) is 2.20.